The number of esters is 1. The highest BCUT2D eigenvalue weighted by Gasteiger charge is 2.33. The highest BCUT2D eigenvalue weighted by Crippen LogP contribution is 2.28. The van der Waals surface area contributed by atoms with E-state index in [4.69, 9.17) is 4.74 Å². The molecule has 1 rings (SSSR count). The van der Waals surface area contributed by atoms with E-state index >= 15 is 0 Å². The van der Waals surface area contributed by atoms with Crippen molar-refractivity contribution < 1.29 is 19.4 Å². The minimum Gasteiger partial charge on any atom is -0.469 e. The van der Waals surface area contributed by atoms with Gasteiger partial charge in [0.25, 0.3) is 0 Å². The van der Waals surface area contributed by atoms with Gasteiger partial charge in [0.2, 0.25) is 0 Å². The molecule has 1 N–H and O–H groups in total. The quantitative estimate of drug-likeness (QED) is 0.715. The molecule has 0 bridgehead atoms. The first-order valence-electron chi connectivity index (χ1n) is 5.46. The molecule has 0 amide bonds. The number of rotatable bonds is 4. The van der Waals surface area contributed by atoms with Crippen molar-refractivity contribution in [2.24, 2.45) is 5.92 Å². The number of methoxy groups -OCH3 is 1. The van der Waals surface area contributed by atoms with Gasteiger partial charge in [0.15, 0.2) is 0 Å². The van der Waals surface area contributed by atoms with Crippen LogP contribution in [0.1, 0.15) is 33.1 Å². The van der Waals surface area contributed by atoms with Crippen LogP contribution in [0.3, 0.4) is 0 Å². The molecule has 1 aliphatic heterocycles. The number of carbonyl (C=O) groups excluding carboxylic acids is 1. The topological polar surface area (TPSA) is 55.8 Å². The van der Waals surface area contributed by atoms with Crippen molar-refractivity contribution >= 4 is 5.97 Å². The number of carbonyl (C=O) groups is 1. The van der Waals surface area contributed by atoms with Gasteiger partial charge in [0, 0.05) is 0 Å². The zero-order valence-electron chi connectivity index (χ0n) is 9.60. The summed E-state index contributed by atoms with van der Waals surface area (Å²) in [4.78, 5) is 11.3. The third-order valence-corrected chi connectivity index (χ3v) is 2.88. The molecule has 0 aromatic rings. The van der Waals surface area contributed by atoms with Crippen LogP contribution in [0.2, 0.25) is 0 Å². The van der Waals surface area contributed by atoms with Gasteiger partial charge in [-0.3, -0.25) is 4.79 Å². The van der Waals surface area contributed by atoms with Gasteiger partial charge in [0.05, 0.1) is 31.3 Å². The lowest BCUT2D eigenvalue weighted by molar-refractivity contribution is -0.150. The van der Waals surface area contributed by atoms with Crippen LogP contribution in [0.4, 0.5) is 0 Å². The van der Waals surface area contributed by atoms with Gasteiger partial charge < -0.3 is 14.6 Å². The Bertz CT molecular complexity index is 215. The summed E-state index contributed by atoms with van der Waals surface area (Å²) in [7, 11) is 1.39. The maximum absolute atomic E-state index is 11.3. The molecule has 0 spiro atoms. The fraction of sp³-hybridized carbons (Fsp3) is 0.909. The van der Waals surface area contributed by atoms with E-state index in [-0.39, 0.29) is 30.2 Å². The fourth-order valence-electron chi connectivity index (χ4n) is 1.99. The third-order valence-electron chi connectivity index (χ3n) is 2.88. The maximum atomic E-state index is 11.3. The summed E-state index contributed by atoms with van der Waals surface area (Å²) in [6.45, 7) is 3.57. The summed E-state index contributed by atoms with van der Waals surface area (Å²) in [6.07, 6.45) is 2.11. The molecule has 4 unspecified atom stereocenters. The summed E-state index contributed by atoms with van der Waals surface area (Å²) >= 11 is 0. The minimum absolute atomic E-state index is 0.0544. The molecule has 4 atom stereocenters. The van der Waals surface area contributed by atoms with E-state index in [2.05, 4.69) is 4.74 Å². The average molecular weight is 216 g/mol. The summed E-state index contributed by atoms with van der Waals surface area (Å²) in [5, 5.41) is 9.22. The maximum Gasteiger partial charge on any atom is 0.311 e. The summed E-state index contributed by atoms with van der Waals surface area (Å²) in [5.41, 5.74) is 0. The van der Waals surface area contributed by atoms with E-state index in [1.165, 1.54) is 7.11 Å². The molecular weight excluding hydrogens is 196 g/mol. The Morgan fingerprint density at radius 1 is 1.53 bits per heavy atom. The van der Waals surface area contributed by atoms with Gasteiger partial charge in [-0.25, -0.2) is 0 Å². The zero-order chi connectivity index (χ0) is 11.4. The van der Waals surface area contributed by atoms with Crippen molar-refractivity contribution in [1.82, 2.24) is 0 Å². The van der Waals surface area contributed by atoms with E-state index in [1.54, 1.807) is 6.92 Å². The molecule has 0 radical (unpaired) electrons. The van der Waals surface area contributed by atoms with Crippen LogP contribution < -0.4 is 0 Å². The highest BCUT2D eigenvalue weighted by atomic mass is 16.5. The molecule has 1 heterocycles. The number of aliphatic hydroxyl groups excluding tert-OH is 1. The Balaban J connectivity index is 2.38. The van der Waals surface area contributed by atoms with Crippen molar-refractivity contribution in [3.05, 3.63) is 0 Å². The van der Waals surface area contributed by atoms with Gasteiger partial charge in [-0.15, -0.1) is 0 Å². The number of ether oxygens (including phenoxy) is 2. The van der Waals surface area contributed by atoms with E-state index < -0.39 is 0 Å². The second kappa shape index (κ2) is 5.47. The number of hydrogen-bond acceptors (Lipinski definition) is 4. The predicted molar refractivity (Wildman–Crippen MR) is 55.4 cm³/mol. The first-order valence-corrected chi connectivity index (χ1v) is 5.46. The summed E-state index contributed by atoms with van der Waals surface area (Å²) < 4.78 is 10.4. The summed E-state index contributed by atoms with van der Waals surface area (Å²) in [6, 6.07) is 0. The van der Waals surface area contributed by atoms with Crippen molar-refractivity contribution in [2.45, 2.75) is 51.4 Å². The lowest BCUT2D eigenvalue weighted by Crippen LogP contribution is -2.27. The van der Waals surface area contributed by atoms with Gasteiger partial charge in [-0.05, 0) is 33.1 Å². The van der Waals surface area contributed by atoms with Crippen LogP contribution in [0.5, 0.6) is 0 Å². The van der Waals surface area contributed by atoms with Crippen molar-refractivity contribution in [3.63, 3.8) is 0 Å². The minimum atomic E-state index is -0.345. The lowest BCUT2D eigenvalue weighted by atomic mass is 10.0. The molecule has 4 heteroatoms. The molecule has 88 valence electrons. The molecule has 1 fully saturated rings. The molecule has 1 aliphatic rings. The largest absolute Gasteiger partial charge is 0.469 e. The fourth-order valence-corrected chi connectivity index (χ4v) is 1.99. The lowest BCUT2D eigenvalue weighted by Gasteiger charge is -2.18. The van der Waals surface area contributed by atoms with Gasteiger partial charge in [0.1, 0.15) is 0 Å². The Morgan fingerprint density at radius 2 is 2.20 bits per heavy atom. The third kappa shape index (κ3) is 3.47. The molecular formula is C11H20O4. The second-order valence-corrected chi connectivity index (χ2v) is 4.27. The number of hydrogen-bond donors (Lipinski definition) is 1. The first kappa shape index (κ1) is 12.5. The van der Waals surface area contributed by atoms with Crippen LogP contribution in [-0.4, -0.2) is 36.5 Å². The van der Waals surface area contributed by atoms with Crippen LogP contribution in [0.25, 0.3) is 0 Å². The predicted octanol–water partition coefficient (Wildman–Crippen LogP) is 1.11. The zero-order valence-corrected chi connectivity index (χ0v) is 9.60. The second-order valence-electron chi connectivity index (χ2n) is 4.27. The Labute approximate surface area is 90.6 Å². The molecule has 1 saturated heterocycles. The highest BCUT2D eigenvalue weighted by molar-refractivity contribution is 5.72. The van der Waals surface area contributed by atoms with Crippen LogP contribution in [0.15, 0.2) is 0 Å². The molecule has 0 saturated carbocycles. The van der Waals surface area contributed by atoms with E-state index in [9.17, 15) is 9.90 Å². The van der Waals surface area contributed by atoms with Crippen LogP contribution in [0, 0.1) is 5.92 Å². The van der Waals surface area contributed by atoms with Crippen molar-refractivity contribution in [2.75, 3.05) is 7.11 Å². The first-order chi connectivity index (χ1) is 7.04. The molecule has 0 aromatic heterocycles. The van der Waals surface area contributed by atoms with E-state index in [1.807, 2.05) is 6.92 Å². The Kier molecular flexibility index (Phi) is 4.54. The van der Waals surface area contributed by atoms with Crippen LogP contribution in [-0.2, 0) is 14.3 Å². The van der Waals surface area contributed by atoms with Gasteiger partial charge >= 0.3 is 5.97 Å². The molecule has 0 aromatic carbocycles. The van der Waals surface area contributed by atoms with Crippen LogP contribution >= 0.6 is 0 Å². The van der Waals surface area contributed by atoms with Crippen molar-refractivity contribution in [3.8, 4) is 0 Å². The SMILES string of the molecule is COC(=O)C(C)C1CCC(CC(C)O)O1. The van der Waals surface area contributed by atoms with Gasteiger partial charge in [-0.2, -0.15) is 0 Å². The normalized spacial score (nSPS) is 29.9. The molecule has 15 heavy (non-hydrogen) atoms. The van der Waals surface area contributed by atoms with Crippen molar-refractivity contribution in [1.29, 1.82) is 0 Å². The molecule has 0 aliphatic carbocycles. The summed E-state index contributed by atoms with van der Waals surface area (Å²) in [5.74, 6) is -0.438. The van der Waals surface area contributed by atoms with Gasteiger partial charge in [-0.1, -0.05) is 0 Å². The van der Waals surface area contributed by atoms with E-state index in [0.717, 1.165) is 12.8 Å². The Hall–Kier alpha value is -0.610. The smallest absolute Gasteiger partial charge is 0.311 e. The average Bonchev–Trinajstić information content (AvgIpc) is 2.63. The molecule has 4 nitrogen and oxygen atoms in total. The standard InChI is InChI=1S/C11H20O4/c1-7(12)6-9-4-5-10(15-9)8(2)11(13)14-3/h7-10,12H,4-6H2,1-3H3. The number of aliphatic hydroxyl groups is 1. The monoisotopic (exact) mass is 216 g/mol. The van der Waals surface area contributed by atoms with E-state index in [0.29, 0.717) is 6.42 Å². The Morgan fingerprint density at radius 3 is 2.73 bits per heavy atom.